The average molecular weight is 599 g/mol. The second kappa shape index (κ2) is 14.9. The highest BCUT2D eigenvalue weighted by molar-refractivity contribution is 6.64. The molecule has 3 amide bonds. The van der Waals surface area contributed by atoms with E-state index in [1.807, 2.05) is 26.0 Å². The summed E-state index contributed by atoms with van der Waals surface area (Å²) < 4.78 is 5.18. The smallest absolute Gasteiger partial charge is 0.335 e. The maximum Gasteiger partial charge on any atom is 0.335 e. The van der Waals surface area contributed by atoms with E-state index >= 15 is 0 Å². The van der Waals surface area contributed by atoms with Crippen molar-refractivity contribution in [3.05, 3.63) is 65.2 Å². The molecule has 1 aliphatic heterocycles. The van der Waals surface area contributed by atoms with Gasteiger partial charge >= 0.3 is 8.56 Å². The van der Waals surface area contributed by atoms with Gasteiger partial charge in [0.15, 0.2) is 0 Å². The Balaban J connectivity index is 2.06. The number of carbonyl (C=O) groups is 3. The molecular formula is C31H46N4O6Si. The molecule has 1 aliphatic rings. The van der Waals surface area contributed by atoms with Gasteiger partial charge in [-0.2, -0.15) is 0 Å². The summed E-state index contributed by atoms with van der Waals surface area (Å²) in [6, 6.07) is 11.2. The van der Waals surface area contributed by atoms with E-state index < -0.39 is 44.4 Å². The van der Waals surface area contributed by atoms with Gasteiger partial charge in [0.05, 0.1) is 19.2 Å². The van der Waals surface area contributed by atoms with Crippen LogP contribution in [0, 0.1) is 11.8 Å². The first-order chi connectivity index (χ1) is 19.9. The fraction of sp³-hybridized carbons (Fsp3) is 0.516. The summed E-state index contributed by atoms with van der Waals surface area (Å²) in [4.78, 5) is 65.5. The van der Waals surface area contributed by atoms with Crippen LogP contribution in [-0.2, 0) is 16.1 Å². The van der Waals surface area contributed by atoms with Crippen LogP contribution in [0.25, 0.3) is 0 Å². The maximum absolute atomic E-state index is 14.5. The van der Waals surface area contributed by atoms with Crippen LogP contribution < -0.4 is 21.1 Å². The summed E-state index contributed by atoms with van der Waals surface area (Å²) in [6.45, 7) is 8.36. The molecule has 0 saturated carbocycles. The topological polar surface area (TPSA) is 154 Å². The van der Waals surface area contributed by atoms with Crippen LogP contribution >= 0.6 is 0 Å². The van der Waals surface area contributed by atoms with Crippen molar-refractivity contribution in [3.63, 3.8) is 0 Å². The Labute approximate surface area is 249 Å². The van der Waals surface area contributed by atoms with E-state index in [0.29, 0.717) is 36.4 Å². The van der Waals surface area contributed by atoms with Crippen LogP contribution in [0.1, 0.15) is 68.1 Å². The van der Waals surface area contributed by atoms with Crippen LogP contribution in [0.4, 0.5) is 0 Å². The molecule has 0 spiro atoms. The second-order valence-electron chi connectivity index (χ2n) is 11.9. The third-order valence-electron chi connectivity index (χ3n) is 7.57. The summed E-state index contributed by atoms with van der Waals surface area (Å²) in [6.07, 6.45) is 1.33. The number of imide groups is 1. The van der Waals surface area contributed by atoms with Gasteiger partial charge < -0.3 is 30.7 Å². The standard InChI is InChI=1S/C31H46N4O6Si/c1-20(2)18-42(39,40)19-27(23-10-8-22(17-32)9-11-23)35(30(37)26-7-6-16-33-26)31(38)28(21(3)4)34-29(36)24-12-14-25(41-5)15-13-24/h8-15,20-21,26-28,33,39-40H,6-7,16-19,32H2,1-5H3,(H,34,36)/t26-,27?,28-/m0/s1. The van der Waals surface area contributed by atoms with E-state index in [2.05, 4.69) is 10.6 Å². The van der Waals surface area contributed by atoms with Crippen molar-refractivity contribution in [2.45, 2.75) is 77.3 Å². The number of nitrogens with zero attached hydrogens (tertiary/aromatic N) is 1. The summed E-state index contributed by atoms with van der Waals surface area (Å²) in [5.74, 6) is -1.26. The van der Waals surface area contributed by atoms with Gasteiger partial charge in [0.1, 0.15) is 11.8 Å². The minimum atomic E-state index is -3.87. The number of methoxy groups -OCH3 is 1. The van der Waals surface area contributed by atoms with Crippen LogP contribution in [0.5, 0.6) is 5.75 Å². The maximum atomic E-state index is 14.5. The largest absolute Gasteiger partial charge is 0.497 e. The molecule has 42 heavy (non-hydrogen) atoms. The Morgan fingerprint density at radius 3 is 2.19 bits per heavy atom. The van der Waals surface area contributed by atoms with Gasteiger partial charge in [0.25, 0.3) is 11.8 Å². The van der Waals surface area contributed by atoms with E-state index in [1.165, 1.54) is 12.0 Å². The molecule has 1 heterocycles. The molecule has 1 saturated heterocycles. The van der Waals surface area contributed by atoms with Gasteiger partial charge in [-0.1, -0.05) is 52.0 Å². The highest BCUT2D eigenvalue weighted by Crippen LogP contribution is 2.34. The Hall–Kier alpha value is -3.09. The highest BCUT2D eigenvalue weighted by Gasteiger charge is 2.44. The number of benzene rings is 2. The van der Waals surface area contributed by atoms with Crippen LogP contribution in [-0.4, -0.2) is 66.5 Å². The lowest BCUT2D eigenvalue weighted by molar-refractivity contribution is -0.150. The van der Waals surface area contributed by atoms with E-state index in [0.717, 1.165) is 12.0 Å². The molecule has 1 fully saturated rings. The first-order valence-corrected chi connectivity index (χ1v) is 17.0. The van der Waals surface area contributed by atoms with E-state index in [9.17, 15) is 24.0 Å². The Bertz CT molecular complexity index is 1200. The fourth-order valence-corrected chi connectivity index (χ4v) is 7.90. The minimum Gasteiger partial charge on any atom is -0.497 e. The third-order valence-corrected chi connectivity index (χ3v) is 10.1. The van der Waals surface area contributed by atoms with Gasteiger partial charge in [0, 0.05) is 18.2 Å². The zero-order valence-electron chi connectivity index (χ0n) is 25.3. The molecular weight excluding hydrogens is 552 g/mol. The van der Waals surface area contributed by atoms with Crippen molar-refractivity contribution >= 4 is 26.3 Å². The molecule has 6 N–H and O–H groups in total. The van der Waals surface area contributed by atoms with Crippen LogP contribution in [0.2, 0.25) is 12.1 Å². The molecule has 3 rings (SSSR count). The molecule has 0 bridgehead atoms. The molecule has 3 atom stereocenters. The number of hydrogen-bond acceptors (Lipinski definition) is 8. The highest BCUT2D eigenvalue weighted by atomic mass is 28.4. The van der Waals surface area contributed by atoms with Gasteiger partial charge in [-0.25, -0.2) is 0 Å². The summed E-state index contributed by atoms with van der Waals surface area (Å²) in [5, 5.41) is 6.03. The monoisotopic (exact) mass is 598 g/mol. The van der Waals surface area contributed by atoms with E-state index in [1.54, 1.807) is 50.2 Å². The minimum absolute atomic E-state index is 0.00971. The Morgan fingerprint density at radius 2 is 1.69 bits per heavy atom. The zero-order chi connectivity index (χ0) is 31.0. The molecule has 1 unspecified atom stereocenters. The molecule has 2 aromatic rings. The van der Waals surface area contributed by atoms with Gasteiger partial charge in [0.2, 0.25) is 5.91 Å². The number of nitrogens with one attached hydrogen (secondary N) is 2. The van der Waals surface area contributed by atoms with E-state index in [-0.39, 0.29) is 23.9 Å². The van der Waals surface area contributed by atoms with Crippen molar-refractivity contribution in [2.24, 2.45) is 17.6 Å². The van der Waals surface area contributed by atoms with Crippen LogP contribution in [0.3, 0.4) is 0 Å². The Kier molecular flexibility index (Phi) is 11.8. The first kappa shape index (κ1) is 33.4. The van der Waals surface area contributed by atoms with Crippen LogP contribution in [0.15, 0.2) is 48.5 Å². The summed E-state index contributed by atoms with van der Waals surface area (Å²) >= 11 is 0. The SMILES string of the molecule is COc1ccc(C(=O)N[C@H](C(=O)N(C(=O)[C@@H]2CCCN2)C(C[Si](O)(O)CC(C)C)c2ccc(CN)cc2)C(C)C)cc1. The number of ether oxygens (including phenoxy) is 1. The molecule has 2 aromatic carbocycles. The quantitative estimate of drug-likeness (QED) is 0.221. The average Bonchev–Trinajstić information content (AvgIpc) is 3.49. The van der Waals surface area contributed by atoms with E-state index in [4.69, 9.17) is 10.5 Å². The number of nitrogens with two attached hydrogens (primary N) is 1. The first-order valence-electron chi connectivity index (χ1n) is 14.7. The number of carbonyl (C=O) groups excluding carboxylic acids is 3. The normalized spacial score (nSPS) is 16.8. The van der Waals surface area contributed by atoms with Gasteiger partial charge in [-0.15, -0.1) is 0 Å². The molecule has 0 aromatic heterocycles. The lowest BCUT2D eigenvalue weighted by atomic mass is 9.98. The van der Waals surface area contributed by atoms with Crippen molar-refractivity contribution in [2.75, 3.05) is 13.7 Å². The molecule has 0 aliphatic carbocycles. The predicted octanol–water partition coefficient (Wildman–Crippen LogP) is 2.84. The Morgan fingerprint density at radius 1 is 1.05 bits per heavy atom. The lowest BCUT2D eigenvalue weighted by Gasteiger charge is -2.38. The van der Waals surface area contributed by atoms with Gasteiger partial charge in [-0.05, 0) is 72.7 Å². The molecule has 230 valence electrons. The van der Waals surface area contributed by atoms with Crippen molar-refractivity contribution in [3.8, 4) is 5.75 Å². The second-order valence-corrected chi connectivity index (χ2v) is 14.6. The third kappa shape index (κ3) is 8.71. The number of amides is 3. The molecule has 10 nitrogen and oxygen atoms in total. The summed E-state index contributed by atoms with van der Waals surface area (Å²) in [7, 11) is -2.34. The molecule has 0 radical (unpaired) electrons. The van der Waals surface area contributed by atoms with Crippen molar-refractivity contribution in [1.29, 1.82) is 0 Å². The van der Waals surface area contributed by atoms with Crippen molar-refractivity contribution < 1.29 is 28.7 Å². The van der Waals surface area contributed by atoms with Gasteiger partial charge in [-0.3, -0.25) is 19.3 Å². The predicted molar refractivity (Wildman–Crippen MR) is 164 cm³/mol. The van der Waals surface area contributed by atoms with Crippen molar-refractivity contribution in [1.82, 2.24) is 15.5 Å². The fourth-order valence-electron chi connectivity index (χ4n) is 5.39. The molecule has 11 heteroatoms. The zero-order valence-corrected chi connectivity index (χ0v) is 26.3. The summed E-state index contributed by atoms with van der Waals surface area (Å²) in [5.41, 5.74) is 7.61. The lowest BCUT2D eigenvalue weighted by Crippen LogP contribution is -2.57. The number of hydrogen-bond donors (Lipinski definition) is 5. The number of rotatable bonds is 13.